The predicted octanol–water partition coefficient (Wildman–Crippen LogP) is 2.98. The molecular formula is C10H6F3N. The first-order valence-electron chi connectivity index (χ1n) is 4.00. The van der Waals surface area contributed by atoms with Crippen molar-refractivity contribution in [1.29, 1.82) is 0 Å². The molecule has 2 aromatic rings. The Balaban J connectivity index is 2.89. The number of benzene rings is 1. The smallest absolute Gasteiger partial charge is 0.165 e. The zero-order chi connectivity index (χ0) is 10.1. The van der Waals surface area contributed by atoms with Gasteiger partial charge in [-0.3, -0.25) is 4.98 Å². The first-order chi connectivity index (χ1) is 6.74. The van der Waals surface area contributed by atoms with Crippen molar-refractivity contribution < 1.29 is 13.2 Å². The van der Waals surface area contributed by atoms with Crippen molar-refractivity contribution in [3.8, 4) is 0 Å². The fourth-order valence-corrected chi connectivity index (χ4v) is 1.39. The molecule has 1 aromatic carbocycles. The molecule has 0 radical (unpaired) electrons. The molecule has 0 aliphatic rings. The van der Waals surface area contributed by atoms with E-state index < -0.39 is 18.3 Å². The molecule has 0 amide bonds. The number of rotatable bonds is 1. The Morgan fingerprint density at radius 2 is 2.07 bits per heavy atom. The fraction of sp³-hybridized carbons (Fsp3) is 0.100. The molecule has 4 heteroatoms. The minimum atomic E-state index is -1.12. The van der Waals surface area contributed by atoms with Crippen molar-refractivity contribution in [2.24, 2.45) is 0 Å². The standard InChI is InChI=1S/C10H6F3N/c11-4-8-7-1-2-14-5-6(7)3-9(12)10(8)13/h1-3,5H,4H2. The number of nitrogens with zero attached hydrogens (tertiary/aromatic N) is 1. The first-order valence-corrected chi connectivity index (χ1v) is 4.00. The highest BCUT2D eigenvalue weighted by Gasteiger charge is 2.12. The van der Waals surface area contributed by atoms with Crippen LogP contribution in [0.4, 0.5) is 13.2 Å². The van der Waals surface area contributed by atoms with Crippen LogP contribution in [0.5, 0.6) is 0 Å². The maximum absolute atomic E-state index is 13.1. The van der Waals surface area contributed by atoms with Crippen LogP contribution in [0.1, 0.15) is 5.56 Å². The molecule has 0 bridgehead atoms. The van der Waals surface area contributed by atoms with Crippen molar-refractivity contribution in [3.05, 3.63) is 41.7 Å². The molecule has 1 nitrogen and oxygen atoms in total. The van der Waals surface area contributed by atoms with Crippen molar-refractivity contribution in [2.45, 2.75) is 6.67 Å². The Bertz CT molecular complexity index is 482. The highest BCUT2D eigenvalue weighted by atomic mass is 19.2. The van der Waals surface area contributed by atoms with Gasteiger partial charge in [-0.1, -0.05) is 0 Å². The number of pyridine rings is 1. The number of hydrogen-bond acceptors (Lipinski definition) is 1. The summed E-state index contributed by atoms with van der Waals surface area (Å²) in [5.74, 6) is -2.16. The van der Waals surface area contributed by atoms with Crippen LogP contribution >= 0.6 is 0 Å². The summed E-state index contributed by atoms with van der Waals surface area (Å²) in [5, 5.41) is 0.764. The largest absolute Gasteiger partial charge is 0.264 e. The third kappa shape index (κ3) is 1.23. The SMILES string of the molecule is FCc1c(F)c(F)cc2cnccc12. The molecule has 1 heterocycles. The van der Waals surface area contributed by atoms with Gasteiger partial charge in [0.25, 0.3) is 0 Å². The molecule has 0 aliphatic heterocycles. The molecule has 0 atom stereocenters. The zero-order valence-corrected chi connectivity index (χ0v) is 7.10. The van der Waals surface area contributed by atoms with Crippen LogP contribution in [-0.4, -0.2) is 4.98 Å². The molecule has 0 unspecified atom stereocenters. The van der Waals surface area contributed by atoms with Gasteiger partial charge in [-0.15, -0.1) is 0 Å². The van der Waals surface area contributed by atoms with Crippen LogP contribution in [0.15, 0.2) is 24.5 Å². The predicted molar refractivity (Wildman–Crippen MR) is 46.5 cm³/mol. The van der Waals surface area contributed by atoms with Gasteiger partial charge < -0.3 is 0 Å². The molecule has 2 rings (SSSR count). The van der Waals surface area contributed by atoms with E-state index in [0.29, 0.717) is 10.8 Å². The van der Waals surface area contributed by atoms with Crippen LogP contribution in [0.25, 0.3) is 10.8 Å². The van der Waals surface area contributed by atoms with E-state index >= 15 is 0 Å². The normalized spacial score (nSPS) is 10.8. The molecule has 0 fully saturated rings. The molecule has 1 aromatic heterocycles. The van der Waals surface area contributed by atoms with E-state index in [2.05, 4.69) is 4.98 Å². The summed E-state index contributed by atoms with van der Waals surface area (Å²) in [7, 11) is 0. The van der Waals surface area contributed by atoms with Gasteiger partial charge in [0.1, 0.15) is 6.67 Å². The van der Waals surface area contributed by atoms with Crippen LogP contribution < -0.4 is 0 Å². The molecule has 0 saturated carbocycles. The van der Waals surface area contributed by atoms with E-state index in [0.717, 1.165) is 6.07 Å². The topological polar surface area (TPSA) is 12.9 Å². The summed E-state index contributed by atoms with van der Waals surface area (Å²) in [5.41, 5.74) is -0.248. The lowest BCUT2D eigenvalue weighted by Gasteiger charge is -2.04. The molecule has 0 N–H and O–H groups in total. The van der Waals surface area contributed by atoms with E-state index in [-0.39, 0.29) is 5.56 Å². The van der Waals surface area contributed by atoms with Gasteiger partial charge in [-0.2, -0.15) is 0 Å². The van der Waals surface area contributed by atoms with Crippen LogP contribution in [0.3, 0.4) is 0 Å². The first kappa shape index (κ1) is 8.99. The van der Waals surface area contributed by atoms with E-state index in [1.165, 1.54) is 18.5 Å². The summed E-state index contributed by atoms with van der Waals surface area (Å²) in [6.45, 7) is -1.02. The average molecular weight is 197 g/mol. The van der Waals surface area contributed by atoms with E-state index in [1.54, 1.807) is 0 Å². The minimum absolute atomic E-state index is 0.248. The zero-order valence-electron chi connectivity index (χ0n) is 7.10. The molecular weight excluding hydrogens is 191 g/mol. The minimum Gasteiger partial charge on any atom is -0.264 e. The lowest BCUT2D eigenvalue weighted by atomic mass is 10.1. The van der Waals surface area contributed by atoms with Crippen LogP contribution in [-0.2, 0) is 6.67 Å². The van der Waals surface area contributed by atoms with Crippen molar-refractivity contribution in [3.63, 3.8) is 0 Å². The summed E-state index contributed by atoms with van der Waals surface area (Å²) < 4.78 is 38.5. The number of hydrogen-bond donors (Lipinski definition) is 0. The van der Waals surface area contributed by atoms with Gasteiger partial charge in [0, 0.05) is 23.3 Å². The van der Waals surface area contributed by atoms with Gasteiger partial charge in [-0.25, -0.2) is 13.2 Å². The monoisotopic (exact) mass is 197 g/mol. The Morgan fingerprint density at radius 3 is 2.79 bits per heavy atom. The van der Waals surface area contributed by atoms with Gasteiger partial charge in [-0.05, 0) is 17.5 Å². The van der Waals surface area contributed by atoms with Gasteiger partial charge in [0.05, 0.1) is 0 Å². The van der Waals surface area contributed by atoms with Crippen molar-refractivity contribution >= 4 is 10.8 Å². The summed E-state index contributed by atoms with van der Waals surface area (Å²) >= 11 is 0. The van der Waals surface area contributed by atoms with Crippen molar-refractivity contribution in [1.82, 2.24) is 4.98 Å². The van der Waals surface area contributed by atoms with Gasteiger partial charge >= 0.3 is 0 Å². The quantitative estimate of drug-likeness (QED) is 0.684. The highest BCUT2D eigenvalue weighted by molar-refractivity contribution is 5.85. The van der Waals surface area contributed by atoms with Gasteiger partial charge in [0.2, 0.25) is 0 Å². The average Bonchev–Trinajstić information content (AvgIpc) is 2.20. The summed E-state index contributed by atoms with van der Waals surface area (Å²) in [6, 6.07) is 2.48. The Labute approximate surface area is 78.2 Å². The number of aromatic nitrogens is 1. The third-order valence-corrected chi connectivity index (χ3v) is 2.07. The summed E-state index contributed by atoms with van der Waals surface area (Å²) in [6.07, 6.45) is 2.79. The number of halogens is 3. The Hall–Kier alpha value is -1.58. The second-order valence-electron chi connectivity index (χ2n) is 2.88. The Kier molecular flexibility index (Phi) is 2.11. The summed E-state index contributed by atoms with van der Waals surface area (Å²) in [4.78, 5) is 3.75. The van der Waals surface area contributed by atoms with Crippen LogP contribution in [0, 0.1) is 11.6 Å². The second-order valence-corrected chi connectivity index (χ2v) is 2.88. The molecule has 0 spiro atoms. The third-order valence-electron chi connectivity index (χ3n) is 2.07. The lowest BCUT2D eigenvalue weighted by molar-refractivity contribution is 0.445. The molecule has 0 aliphatic carbocycles. The highest BCUT2D eigenvalue weighted by Crippen LogP contribution is 2.24. The maximum Gasteiger partial charge on any atom is 0.165 e. The fourth-order valence-electron chi connectivity index (χ4n) is 1.39. The number of fused-ring (bicyclic) bond motifs is 1. The van der Waals surface area contributed by atoms with Crippen LogP contribution in [0.2, 0.25) is 0 Å². The van der Waals surface area contributed by atoms with Gasteiger partial charge in [0.15, 0.2) is 11.6 Å². The lowest BCUT2D eigenvalue weighted by Crippen LogP contribution is -1.94. The van der Waals surface area contributed by atoms with E-state index in [9.17, 15) is 13.2 Å². The number of alkyl halides is 1. The second kappa shape index (κ2) is 3.29. The molecule has 0 saturated heterocycles. The maximum atomic E-state index is 13.1. The molecule has 14 heavy (non-hydrogen) atoms. The molecule has 72 valence electrons. The van der Waals surface area contributed by atoms with E-state index in [4.69, 9.17) is 0 Å². The van der Waals surface area contributed by atoms with E-state index in [1.807, 2.05) is 0 Å². The van der Waals surface area contributed by atoms with Crippen molar-refractivity contribution in [2.75, 3.05) is 0 Å². The Morgan fingerprint density at radius 1 is 1.29 bits per heavy atom.